The highest BCUT2D eigenvalue weighted by Gasteiger charge is 2.14. The molecule has 5 nitrogen and oxygen atoms in total. The summed E-state index contributed by atoms with van der Waals surface area (Å²) in [6.45, 7) is 6.58. The van der Waals surface area contributed by atoms with Gasteiger partial charge in [-0.3, -0.25) is 10.2 Å². The minimum absolute atomic E-state index is 0.281. The van der Waals surface area contributed by atoms with E-state index in [-0.39, 0.29) is 23.5 Å². The van der Waals surface area contributed by atoms with Crippen molar-refractivity contribution in [3.05, 3.63) is 41.2 Å². The fraction of sp³-hybridized carbons (Fsp3) is 0.333. The molecule has 6 heteroatoms. The molecule has 0 saturated heterocycles. The van der Waals surface area contributed by atoms with E-state index in [1.807, 2.05) is 6.08 Å². The van der Waals surface area contributed by atoms with Crippen LogP contribution < -0.4 is 16.1 Å². The first-order valence-electron chi connectivity index (χ1n) is 6.83. The van der Waals surface area contributed by atoms with Crippen LogP contribution in [0.4, 0.5) is 4.39 Å². The van der Waals surface area contributed by atoms with Gasteiger partial charge < -0.3 is 10.6 Å². The lowest BCUT2D eigenvalue weighted by atomic mass is 9.98. The maximum absolute atomic E-state index is 14.2. The molecule has 0 aliphatic carbocycles. The van der Waals surface area contributed by atoms with Crippen molar-refractivity contribution in [2.75, 3.05) is 13.1 Å². The molecule has 1 aromatic rings. The van der Waals surface area contributed by atoms with E-state index >= 15 is 0 Å². The van der Waals surface area contributed by atoms with Crippen LogP contribution in [-0.2, 0) is 0 Å². The molecule has 1 amide bonds. The Labute approximate surface area is 123 Å². The summed E-state index contributed by atoms with van der Waals surface area (Å²) in [5.74, 6) is -0.735. The number of hydrazone groups is 1. The normalized spacial score (nSPS) is 15.8. The molecule has 112 valence electrons. The van der Waals surface area contributed by atoms with Crippen LogP contribution in [0.25, 0.3) is 5.57 Å². The molecule has 1 aromatic carbocycles. The van der Waals surface area contributed by atoms with Crippen LogP contribution in [0.5, 0.6) is 0 Å². The highest BCUT2D eigenvalue weighted by molar-refractivity contribution is 5.94. The Kier molecular flexibility index (Phi) is 5.05. The molecule has 1 unspecified atom stereocenters. The Morgan fingerprint density at radius 3 is 2.95 bits per heavy atom. The van der Waals surface area contributed by atoms with Crippen LogP contribution in [0.1, 0.15) is 29.3 Å². The molecule has 0 spiro atoms. The van der Waals surface area contributed by atoms with Gasteiger partial charge in [0.25, 0.3) is 5.91 Å². The van der Waals surface area contributed by atoms with Crippen LogP contribution in [-0.4, -0.2) is 31.9 Å². The lowest BCUT2D eigenvalue weighted by Crippen LogP contribution is -2.40. The molecule has 1 aliphatic rings. The van der Waals surface area contributed by atoms with Crippen LogP contribution >= 0.6 is 0 Å². The number of hydrogen-bond acceptors (Lipinski definition) is 4. The van der Waals surface area contributed by atoms with Crippen LogP contribution in [0.3, 0.4) is 0 Å². The molecule has 0 saturated carbocycles. The Hall–Kier alpha value is -2.21. The van der Waals surface area contributed by atoms with E-state index in [0.29, 0.717) is 5.56 Å². The molecule has 1 aliphatic heterocycles. The number of benzene rings is 1. The van der Waals surface area contributed by atoms with E-state index in [9.17, 15) is 9.18 Å². The van der Waals surface area contributed by atoms with Crippen molar-refractivity contribution < 1.29 is 9.18 Å². The lowest BCUT2D eigenvalue weighted by Gasteiger charge is -2.16. The van der Waals surface area contributed by atoms with E-state index in [1.165, 1.54) is 6.07 Å². The summed E-state index contributed by atoms with van der Waals surface area (Å²) in [6, 6.07) is 4.55. The molecular formula is C15H19FN4O. The summed E-state index contributed by atoms with van der Waals surface area (Å²) in [5, 5.41) is 9.30. The SMILES string of the molecule is C=NNC(C)NC(=O)c1ccc(C2=CCNCC2)c(F)c1. The zero-order chi connectivity index (χ0) is 15.2. The van der Waals surface area contributed by atoms with E-state index in [4.69, 9.17) is 0 Å². The van der Waals surface area contributed by atoms with E-state index in [2.05, 4.69) is 27.9 Å². The van der Waals surface area contributed by atoms with Gasteiger partial charge in [0.2, 0.25) is 0 Å². The third kappa shape index (κ3) is 3.88. The van der Waals surface area contributed by atoms with Crippen molar-refractivity contribution in [3.63, 3.8) is 0 Å². The average Bonchev–Trinajstić information content (AvgIpc) is 2.48. The molecule has 3 N–H and O–H groups in total. The zero-order valence-electron chi connectivity index (χ0n) is 11.9. The number of nitrogens with one attached hydrogen (secondary N) is 3. The molecule has 1 heterocycles. The summed E-state index contributed by atoms with van der Waals surface area (Å²) in [5.41, 5.74) is 4.42. The summed E-state index contributed by atoms with van der Waals surface area (Å²) in [7, 11) is 0. The number of rotatable bonds is 5. The van der Waals surface area contributed by atoms with Crippen molar-refractivity contribution in [2.45, 2.75) is 19.5 Å². The van der Waals surface area contributed by atoms with Crippen molar-refractivity contribution in [1.29, 1.82) is 0 Å². The maximum Gasteiger partial charge on any atom is 0.253 e. The quantitative estimate of drug-likeness (QED) is 0.437. The smallest absolute Gasteiger partial charge is 0.253 e. The molecule has 0 radical (unpaired) electrons. The van der Waals surface area contributed by atoms with Gasteiger partial charge in [-0.25, -0.2) is 4.39 Å². The van der Waals surface area contributed by atoms with Gasteiger partial charge in [-0.05, 0) is 37.6 Å². The zero-order valence-corrected chi connectivity index (χ0v) is 11.9. The largest absolute Gasteiger partial charge is 0.331 e. The van der Waals surface area contributed by atoms with Crippen molar-refractivity contribution in [3.8, 4) is 0 Å². The van der Waals surface area contributed by atoms with Crippen molar-refractivity contribution >= 4 is 18.2 Å². The number of nitrogens with zero attached hydrogens (tertiary/aromatic N) is 1. The second-order valence-corrected chi connectivity index (χ2v) is 4.86. The molecule has 21 heavy (non-hydrogen) atoms. The molecular weight excluding hydrogens is 271 g/mol. The number of halogens is 1. The fourth-order valence-corrected chi connectivity index (χ4v) is 2.23. The van der Waals surface area contributed by atoms with Crippen LogP contribution in [0, 0.1) is 5.82 Å². The highest BCUT2D eigenvalue weighted by atomic mass is 19.1. The summed E-state index contributed by atoms with van der Waals surface area (Å²) < 4.78 is 14.2. The Morgan fingerprint density at radius 2 is 2.33 bits per heavy atom. The van der Waals surface area contributed by atoms with Gasteiger partial charge in [-0.1, -0.05) is 12.1 Å². The first-order chi connectivity index (χ1) is 10.1. The summed E-state index contributed by atoms with van der Waals surface area (Å²) in [4.78, 5) is 12.0. The van der Waals surface area contributed by atoms with Crippen molar-refractivity contribution in [1.82, 2.24) is 16.1 Å². The Bertz CT molecular complexity index is 571. The van der Waals surface area contributed by atoms with E-state index in [1.54, 1.807) is 19.1 Å². The minimum Gasteiger partial charge on any atom is -0.331 e. The second kappa shape index (κ2) is 6.99. The Balaban J connectivity index is 2.13. The van der Waals surface area contributed by atoms with E-state index < -0.39 is 0 Å². The van der Waals surface area contributed by atoms with Gasteiger partial charge in [0.15, 0.2) is 0 Å². The number of carbonyl (C=O) groups is 1. The topological polar surface area (TPSA) is 65.5 Å². The molecule has 0 bridgehead atoms. The van der Waals surface area contributed by atoms with Crippen molar-refractivity contribution in [2.24, 2.45) is 5.10 Å². The number of hydrogen-bond donors (Lipinski definition) is 3. The van der Waals surface area contributed by atoms with Gasteiger partial charge >= 0.3 is 0 Å². The maximum atomic E-state index is 14.2. The monoisotopic (exact) mass is 290 g/mol. The fourth-order valence-electron chi connectivity index (χ4n) is 2.23. The second-order valence-electron chi connectivity index (χ2n) is 4.86. The first kappa shape index (κ1) is 15.2. The molecule has 2 rings (SSSR count). The predicted molar refractivity (Wildman–Crippen MR) is 81.5 cm³/mol. The summed E-state index contributed by atoms with van der Waals surface area (Å²) in [6.07, 6.45) is 2.39. The van der Waals surface area contributed by atoms with Gasteiger partial charge in [0.05, 0.1) is 0 Å². The molecule has 1 atom stereocenters. The number of amides is 1. The molecule has 0 aromatic heterocycles. The third-order valence-electron chi connectivity index (χ3n) is 3.27. The van der Waals surface area contributed by atoms with Gasteiger partial charge in [-0.15, -0.1) is 0 Å². The van der Waals surface area contributed by atoms with E-state index in [0.717, 1.165) is 25.1 Å². The van der Waals surface area contributed by atoms with Crippen LogP contribution in [0.15, 0.2) is 29.4 Å². The van der Waals surface area contributed by atoms with Gasteiger partial charge in [0, 0.05) is 24.4 Å². The first-order valence-corrected chi connectivity index (χ1v) is 6.83. The number of carbonyl (C=O) groups excluding carboxylic acids is 1. The van der Waals surface area contributed by atoms with Gasteiger partial charge in [-0.2, -0.15) is 5.10 Å². The van der Waals surface area contributed by atoms with Crippen LogP contribution in [0.2, 0.25) is 0 Å². The minimum atomic E-state index is -0.377. The predicted octanol–water partition coefficient (Wildman–Crippen LogP) is 1.48. The third-order valence-corrected chi connectivity index (χ3v) is 3.27. The standard InChI is InChI=1S/C15H19FN4O/c1-10(20-17-2)19-15(21)12-3-4-13(14(16)9-12)11-5-7-18-8-6-11/h3-5,9-10,18,20H,2,6-8H2,1H3,(H,19,21). The average molecular weight is 290 g/mol. The Morgan fingerprint density at radius 1 is 1.52 bits per heavy atom. The van der Waals surface area contributed by atoms with Gasteiger partial charge in [0.1, 0.15) is 12.0 Å². The lowest BCUT2D eigenvalue weighted by molar-refractivity contribution is 0.0933. The summed E-state index contributed by atoms with van der Waals surface area (Å²) >= 11 is 0. The highest BCUT2D eigenvalue weighted by Crippen LogP contribution is 2.23. The molecule has 0 fully saturated rings.